The Labute approximate surface area is 96.9 Å². The summed E-state index contributed by atoms with van der Waals surface area (Å²) < 4.78 is 0. The van der Waals surface area contributed by atoms with Gasteiger partial charge in [-0.15, -0.1) is 11.3 Å². The van der Waals surface area contributed by atoms with Gasteiger partial charge in [0.2, 0.25) is 0 Å². The molecule has 16 heavy (non-hydrogen) atoms. The Morgan fingerprint density at radius 2 is 2.56 bits per heavy atom. The second-order valence-electron chi connectivity index (χ2n) is 3.30. The predicted octanol–water partition coefficient (Wildman–Crippen LogP) is 1.75. The third-order valence-electron chi connectivity index (χ3n) is 2.25. The highest BCUT2D eigenvalue weighted by Gasteiger charge is 2.16. The molecule has 2 N–H and O–H groups in total. The van der Waals surface area contributed by atoms with Crippen molar-refractivity contribution < 1.29 is 4.79 Å². The Morgan fingerprint density at radius 3 is 3.12 bits per heavy atom. The van der Waals surface area contributed by atoms with Crippen LogP contribution in [0.1, 0.15) is 34.8 Å². The van der Waals surface area contributed by atoms with Crippen LogP contribution in [0.3, 0.4) is 0 Å². The molecule has 1 amide bonds. The smallest absolute Gasteiger partial charge is 0.273 e. The first-order valence-electron chi connectivity index (χ1n) is 5.01. The molecule has 0 aliphatic heterocycles. The van der Waals surface area contributed by atoms with E-state index in [9.17, 15) is 4.79 Å². The zero-order valence-electron chi connectivity index (χ0n) is 8.80. The number of hydrogen-bond acceptors (Lipinski definition) is 4. The second kappa shape index (κ2) is 4.89. The van der Waals surface area contributed by atoms with Gasteiger partial charge in [-0.3, -0.25) is 4.79 Å². The highest BCUT2D eigenvalue weighted by Crippen LogP contribution is 2.21. The maximum atomic E-state index is 11.7. The molecule has 0 saturated heterocycles. The van der Waals surface area contributed by atoms with Gasteiger partial charge in [0.05, 0.1) is 12.2 Å². The number of H-pyrrole nitrogens is 1. The minimum atomic E-state index is -0.200. The summed E-state index contributed by atoms with van der Waals surface area (Å²) in [6, 6.07) is 4.04. The van der Waals surface area contributed by atoms with Crippen molar-refractivity contribution in [2.24, 2.45) is 0 Å². The molecule has 2 aromatic heterocycles. The first-order valence-corrected chi connectivity index (χ1v) is 5.89. The zero-order chi connectivity index (χ0) is 11.4. The van der Waals surface area contributed by atoms with Crippen LogP contribution < -0.4 is 5.32 Å². The molecule has 0 bridgehead atoms. The van der Waals surface area contributed by atoms with E-state index in [0.717, 1.165) is 11.3 Å². The van der Waals surface area contributed by atoms with Gasteiger partial charge in [-0.1, -0.05) is 13.0 Å². The minimum Gasteiger partial charge on any atom is -0.343 e. The van der Waals surface area contributed by atoms with E-state index >= 15 is 0 Å². The van der Waals surface area contributed by atoms with Gasteiger partial charge in [-0.25, -0.2) is 0 Å². The van der Waals surface area contributed by atoms with Crippen molar-refractivity contribution in [2.75, 3.05) is 0 Å². The number of nitrogens with one attached hydrogen (secondary N) is 2. The van der Waals surface area contributed by atoms with E-state index in [1.807, 2.05) is 24.4 Å². The fraction of sp³-hybridized carbons (Fsp3) is 0.300. The molecule has 0 fully saturated rings. The summed E-state index contributed by atoms with van der Waals surface area (Å²) in [7, 11) is 0. The van der Waals surface area contributed by atoms with E-state index in [1.165, 1.54) is 6.20 Å². The molecule has 0 saturated carbocycles. The molecule has 0 aliphatic rings. The number of carbonyl (C=O) groups is 1. The molecule has 2 aromatic rings. The normalized spacial score (nSPS) is 12.3. The molecule has 84 valence electrons. The highest BCUT2D eigenvalue weighted by atomic mass is 32.1. The largest absolute Gasteiger partial charge is 0.343 e. The zero-order valence-corrected chi connectivity index (χ0v) is 9.62. The number of amides is 1. The Kier molecular flexibility index (Phi) is 3.31. The van der Waals surface area contributed by atoms with Gasteiger partial charge in [-0.05, 0) is 17.9 Å². The summed E-state index contributed by atoms with van der Waals surface area (Å²) in [5.41, 5.74) is 0.315. The lowest BCUT2D eigenvalue weighted by Gasteiger charge is -2.14. The predicted molar refractivity (Wildman–Crippen MR) is 61.2 cm³/mol. The fourth-order valence-electron chi connectivity index (χ4n) is 1.41. The number of carbonyl (C=O) groups excluding carboxylic acids is 1. The van der Waals surface area contributed by atoms with Crippen molar-refractivity contribution in [3.8, 4) is 0 Å². The topological polar surface area (TPSA) is 70.7 Å². The number of nitrogens with zero attached hydrogens (tertiary/aromatic N) is 2. The summed E-state index contributed by atoms with van der Waals surface area (Å²) >= 11 is 1.64. The van der Waals surface area contributed by atoms with Crippen LogP contribution >= 0.6 is 11.3 Å². The lowest BCUT2D eigenvalue weighted by Crippen LogP contribution is -2.27. The van der Waals surface area contributed by atoms with Crippen molar-refractivity contribution >= 4 is 17.2 Å². The number of aromatic amines is 1. The standard InChI is InChI=1S/C10H12N4OS/c1-2-7(9-4-3-5-16-9)12-10(15)8-6-11-14-13-8/h3-7H,2H2,1H3,(H,12,15)(H,11,13,14)/t7-/m0/s1. The third-order valence-corrected chi connectivity index (χ3v) is 3.23. The highest BCUT2D eigenvalue weighted by molar-refractivity contribution is 7.10. The van der Waals surface area contributed by atoms with E-state index in [0.29, 0.717) is 5.69 Å². The molecule has 0 aliphatic carbocycles. The maximum Gasteiger partial charge on any atom is 0.273 e. The molecule has 0 radical (unpaired) electrons. The summed E-state index contributed by atoms with van der Waals surface area (Å²) in [4.78, 5) is 12.9. The van der Waals surface area contributed by atoms with Gasteiger partial charge in [0.25, 0.3) is 5.91 Å². The van der Waals surface area contributed by atoms with Gasteiger partial charge in [0.1, 0.15) is 0 Å². The van der Waals surface area contributed by atoms with Gasteiger partial charge >= 0.3 is 0 Å². The van der Waals surface area contributed by atoms with Gasteiger partial charge in [0, 0.05) is 4.88 Å². The molecule has 1 atom stereocenters. The quantitative estimate of drug-likeness (QED) is 0.849. The van der Waals surface area contributed by atoms with Crippen molar-refractivity contribution in [3.63, 3.8) is 0 Å². The van der Waals surface area contributed by atoms with Crippen LogP contribution in [-0.2, 0) is 0 Å². The molecular formula is C10H12N4OS. The van der Waals surface area contributed by atoms with E-state index < -0.39 is 0 Å². The van der Waals surface area contributed by atoms with Crippen LogP contribution in [0.5, 0.6) is 0 Å². The summed E-state index contributed by atoms with van der Waals surface area (Å²) in [6.07, 6.45) is 2.26. The lowest BCUT2D eigenvalue weighted by molar-refractivity contribution is 0.0931. The molecule has 5 nitrogen and oxygen atoms in total. The summed E-state index contributed by atoms with van der Waals surface area (Å²) in [5.74, 6) is -0.200. The average Bonchev–Trinajstić information content (AvgIpc) is 2.96. The van der Waals surface area contributed by atoms with Crippen molar-refractivity contribution in [1.82, 2.24) is 20.7 Å². The molecule has 0 unspecified atom stereocenters. The van der Waals surface area contributed by atoms with Gasteiger partial charge in [-0.2, -0.15) is 15.4 Å². The Hall–Kier alpha value is -1.69. The van der Waals surface area contributed by atoms with Crippen LogP contribution in [0.4, 0.5) is 0 Å². The van der Waals surface area contributed by atoms with Gasteiger partial charge < -0.3 is 5.32 Å². The Morgan fingerprint density at radius 1 is 1.69 bits per heavy atom. The van der Waals surface area contributed by atoms with Crippen molar-refractivity contribution in [1.29, 1.82) is 0 Å². The molecule has 2 rings (SSSR count). The molecule has 2 heterocycles. The number of thiophene rings is 1. The van der Waals surface area contributed by atoms with Crippen LogP contribution in [0.15, 0.2) is 23.7 Å². The third kappa shape index (κ3) is 2.27. The Balaban J connectivity index is 2.05. The van der Waals surface area contributed by atoms with Crippen molar-refractivity contribution in [2.45, 2.75) is 19.4 Å². The number of hydrogen-bond donors (Lipinski definition) is 2. The van der Waals surface area contributed by atoms with Gasteiger partial charge in [0.15, 0.2) is 5.69 Å². The first-order chi connectivity index (χ1) is 7.81. The van der Waals surface area contributed by atoms with Crippen LogP contribution in [0.25, 0.3) is 0 Å². The molecule has 0 spiro atoms. The molecular weight excluding hydrogens is 224 g/mol. The molecule has 0 aromatic carbocycles. The summed E-state index contributed by atoms with van der Waals surface area (Å²) in [5, 5.41) is 14.7. The summed E-state index contributed by atoms with van der Waals surface area (Å²) in [6.45, 7) is 2.04. The van der Waals surface area contributed by atoms with E-state index in [4.69, 9.17) is 0 Å². The average molecular weight is 236 g/mol. The fourth-order valence-corrected chi connectivity index (χ4v) is 2.27. The lowest BCUT2D eigenvalue weighted by atomic mass is 10.2. The SMILES string of the molecule is CC[C@H](NC(=O)c1cn[nH]n1)c1cccs1. The van der Waals surface area contributed by atoms with E-state index in [-0.39, 0.29) is 11.9 Å². The van der Waals surface area contributed by atoms with Crippen LogP contribution in [0, 0.1) is 0 Å². The monoisotopic (exact) mass is 236 g/mol. The van der Waals surface area contributed by atoms with Crippen LogP contribution in [0.2, 0.25) is 0 Å². The second-order valence-corrected chi connectivity index (χ2v) is 4.28. The minimum absolute atomic E-state index is 0.0456. The van der Waals surface area contributed by atoms with E-state index in [1.54, 1.807) is 11.3 Å². The van der Waals surface area contributed by atoms with Crippen molar-refractivity contribution in [3.05, 3.63) is 34.3 Å². The maximum absolute atomic E-state index is 11.7. The molecule has 6 heteroatoms. The number of rotatable bonds is 4. The first kappa shape index (κ1) is 10.8. The van der Waals surface area contributed by atoms with E-state index in [2.05, 4.69) is 20.7 Å². The number of aromatic nitrogens is 3. The Bertz CT molecular complexity index is 437. The van der Waals surface area contributed by atoms with Crippen LogP contribution in [-0.4, -0.2) is 21.3 Å².